The molecule has 28 heavy (non-hydrogen) atoms. The first kappa shape index (κ1) is 21.5. The van der Waals surface area contributed by atoms with Gasteiger partial charge in [0.15, 0.2) is 17.5 Å². The summed E-state index contributed by atoms with van der Waals surface area (Å²) in [6.45, 7) is 9.93. The fourth-order valence-electron chi connectivity index (χ4n) is 2.38. The molecular weight excluding hydrogens is 356 g/mol. The third-order valence-corrected chi connectivity index (χ3v) is 3.67. The van der Waals surface area contributed by atoms with Crippen LogP contribution in [0.1, 0.15) is 26.3 Å². The van der Waals surface area contributed by atoms with Gasteiger partial charge in [-0.3, -0.25) is 0 Å². The highest BCUT2D eigenvalue weighted by Crippen LogP contribution is 2.30. The van der Waals surface area contributed by atoms with Crippen molar-refractivity contribution in [1.29, 1.82) is 0 Å². The topological polar surface area (TPSA) is 77.0 Å². The molecule has 0 aliphatic carbocycles. The number of para-hydroxylation sites is 2. The summed E-state index contributed by atoms with van der Waals surface area (Å²) >= 11 is 0. The molecule has 7 nitrogen and oxygen atoms in total. The van der Waals surface area contributed by atoms with E-state index < -0.39 is 0 Å². The van der Waals surface area contributed by atoms with Crippen molar-refractivity contribution < 1.29 is 14.2 Å². The van der Waals surface area contributed by atoms with Gasteiger partial charge < -0.3 is 24.8 Å². The van der Waals surface area contributed by atoms with E-state index >= 15 is 0 Å². The highest BCUT2D eigenvalue weighted by atomic mass is 16.5. The number of benzene rings is 1. The lowest BCUT2D eigenvalue weighted by Gasteiger charge is -2.12. The third kappa shape index (κ3) is 7.44. The Balaban J connectivity index is 1.94. The fourth-order valence-corrected chi connectivity index (χ4v) is 2.38. The summed E-state index contributed by atoms with van der Waals surface area (Å²) < 4.78 is 16.8. The number of hydrogen-bond donors (Lipinski definition) is 2. The lowest BCUT2D eigenvalue weighted by Crippen LogP contribution is -2.39. The Morgan fingerprint density at radius 3 is 2.50 bits per heavy atom. The molecule has 0 atom stereocenters. The highest BCUT2D eigenvalue weighted by Gasteiger charge is 2.06. The van der Waals surface area contributed by atoms with Gasteiger partial charge in [0.1, 0.15) is 0 Å². The maximum absolute atomic E-state index is 5.85. The van der Waals surface area contributed by atoms with Gasteiger partial charge in [-0.1, -0.05) is 18.2 Å². The maximum atomic E-state index is 5.85. The Kier molecular flexibility index (Phi) is 9.65. The number of nitrogens with one attached hydrogen (secondary N) is 2. The molecule has 0 unspecified atom stereocenters. The summed E-state index contributed by atoms with van der Waals surface area (Å²) in [5.41, 5.74) is 0.993. The van der Waals surface area contributed by atoms with Crippen LogP contribution >= 0.6 is 0 Å². The van der Waals surface area contributed by atoms with Crippen molar-refractivity contribution in [2.75, 3.05) is 32.9 Å². The van der Waals surface area contributed by atoms with Crippen molar-refractivity contribution >= 4 is 5.96 Å². The van der Waals surface area contributed by atoms with Gasteiger partial charge >= 0.3 is 0 Å². The summed E-state index contributed by atoms with van der Waals surface area (Å²) in [6, 6.07) is 11.4. The molecule has 0 radical (unpaired) electrons. The Morgan fingerprint density at radius 2 is 1.82 bits per heavy atom. The smallest absolute Gasteiger partial charge is 0.219 e. The average molecular weight is 386 g/mol. The van der Waals surface area contributed by atoms with Crippen LogP contribution < -0.4 is 20.1 Å². The zero-order valence-electron chi connectivity index (χ0n) is 16.9. The summed E-state index contributed by atoms with van der Waals surface area (Å²) in [5, 5.41) is 6.46. The van der Waals surface area contributed by atoms with E-state index in [0.717, 1.165) is 18.1 Å². The minimum atomic E-state index is 0.515. The lowest BCUT2D eigenvalue weighted by molar-refractivity contribution is 0.152. The van der Waals surface area contributed by atoms with Crippen LogP contribution in [0.4, 0.5) is 0 Å². The van der Waals surface area contributed by atoms with E-state index in [-0.39, 0.29) is 0 Å². The SMILES string of the molecule is CCNC(=NCc1ccc(Oc2ccccc2OCC)nc1)NCCOCC. The number of nitrogens with zero attached hydrogens (tertiary/aromatic N) is 2. The maximum Gasteiger partial charge on any atom is 0.219 e. The second-order valence-electron chi connectivity index (χ2n) is 5.81. The van der Waals surface area contributed by atoms with Crippen molar-refractivity contribution in [2.24, 2.45) is 4.99 Å². The van der Waals surface area contributed by atoms with Gasteiger partial charge in [0, 0.05) is 32.0 Å². The van der Waals surface area contributed by atoms with Crippen molar-refractivity contribution in [2.45, 2.75) is 27.3 Å². The molecule has 1 heterocycles. The highest BCUT2D eigenvalue weighted by molar-refractivity contribution is 5.79. The molecule has 7 heteroatoms. The van der Waals surface area contributed by atoms with Crippen LogP contribution in [0.3, 0.4) is 0 Å². The molecular formula is C21H30N4O3. The first-order chi connectivity index (χ1) is 13.8. The number of aliphatic imine (C=N–C) groups is 1. The Bertz CT molecular complexity index is 720. The predicted molar refractivity (Wildman–Crippen MR) is 111 cm³/mol. The molecule has 2 N–H and O–H groups in total. The number of guanidine groups is 1. The minimum Gasteiger partial charge on any atom is -0.490 e. The molecule has 0 aliphatic heterocycles. The van der Waals surface area contributed by atoms with Crippen LogP contribution in [-0.2, 0) is 11.3 Å². The van der Waals surface area contributed by atoms with E-state index in [1.54, 1.807) is 6.20 Å². The summed E-state index contributed by atoms with van der Waals surface area (Å²) in [4.78, 5) is 8.95. The van der Waals surface area contributed by atoms with Crippen LogP contribution in [0.25, 0.3) is 0 Å². The van der Waals surface area contributed by atoms with Gasteiger partial charge in [-0.2, -0.15) is 0 Å². The number of aromatic nitrogens is 1. The molecule has 1 aromatic carbocycles. The second kappa shape index (κ2) is 12.6. The number of hydrogen-bond acceptors (Lipinski definition) is 5. The van der Waals surface area contributed by atoms with E-state index in [2.05, 4.69) is 20.6 Å². The van der Waals surface area contributed by atoms with E-state index in [1.165, 1.54) is 0 Å². The zero-order chi connectivity index (χ0) is 20.0. The number of rotatable bonds is 11. The largest absolute Gasteiger partial charge is 0.490 e. The van der Waals surface area contributed by atoms with E-state index in [4.69, 9.17) is 14.2 Å². The summed E-state index contributed by atoms with van der Waals surface area (Å²) in [5.74, 6) is 2.62. The molecule has 0 amide bonds. The van der Waals surface area contributed by atoms with Crippen LogP contribution in [0, 0.1) is 0 Å². The van der Waals surface area contributed by atoms with E-state index in [1.807, 2.05) is 57.2 Å². The lowest BCUT2D eigenvalue weighted by atomic mass is 10.3. The van der Waals surface area contributed by atoms with Crippen molar-refractivity contribution in [3.63, 3.8) is 0 Å². The number of pyridine rings is 1. The monoisotopic (exact) mass is 386 g/mol. The van der Waals surface area contributed by atoms with Crippen molar-refractivity contribution in [3.05, 3.63) is 48.2 Å². The fraction of sp³-hybridized carbons (Fsp3) is 0.429. The zero-order valence-corrected chi connectivity index (χ0v) is 16.9. The van der Waals surface area contributed by atoms with Gasteiger partial charge in [0.25, 0.3) is 0 Å². The average Bonchev–Trinajstić information content (AvgIpc) is 2.72. The molecule has 152 valence electrons. The standard InChI is InChI=1S/C21H30N4O3/c1-4-22-21(23-13-14-26-5-2)25-16-17-11-12-20(24-15-17)28-19-10-8-7-9-18(19)27-6-3/h7-12,15H,4-6,13-14,16H2,1-3H3,(H2,22,23,25). The first-order valence-corrected chi connectivity index (χ1v) is 9.71. The number of ether oxygens (including phenoxy) is 3. The van der Waals surface area contributed by atoms with Crippen molar-refractivity contribution in [3.8, 4) is 17.4 Å². The van der Waals surface area contributed by atoms with Gasteiger partial charge in [0.2, 0.25) is 5.88 Å². The van der Waals surface area contributed by atoms with Crippen LogP contribution in [0.15, 0.2) is 47.6 Å². The molecule has 0 saturated heterocycles. The Labute approximate surface area is 167 Å². The second-order valence-corrected chi connectivity index (χ2v) is 5.81. The quantitative estimate of drug-likeness (QED) is 0.350. The summed E-state index contributed by atoms with van der Waals surface area (Å²) in [6.07, 6.45) is 1.77. The van der Waals surface area contributed by atoms with Crippen LogP contribution in [0.2, 0.25) is 0 Å². The van der Waals surface area contributed by atoms with Gasteiger partial charge in [0.05, 0.1) is 19.8 Å². The first-order valence-electron chi connectivity index (χ1n) is 9.71. The van der Waals surface area contributed by atoms with Crippen LogP contribution in [-0.4, -0.2) is 43.9 Å². The van der Waals surface area contributed by atoms with Gasteiger partial charge in [-0.05, 0) is 38.5 Å². The molecule has 1 aromatic heterocycles. The van der Waals surface area contributed by atoms with Gasteiger partial charge in [-0.25, -0.2) is 9.98 Å². The summed E-state index contributed by atoms with van der Waals surface area (Å²) in [7, 11) is 0. The normalized spacial score (nSPS) is 11.2. The molecule has 2 aromatic rings. The molecule has 0 aliphatic rings. The molecule has 0 saturated carbocycles. The third-order valence-electron chi connectivity index (χ3n) is 3.67. The van der Waals surface area contributed by atoms with Crippen molar-refractivity contribution in [1.82, 2.24) is 15.6 Å². The van der Waals surface area contributed by atoms with E-state index in [9.17, 15) is 0 Å². The van der Waals surface area contributed by atoms with Gasteiger partial charge in [-0.15, -0.1) is 0 Å². The Hall–Kier alpha value is -2.80. The molecule has 0 fully saturated rings. The molecule has 2 rings (SSSR count). The minimum absolute atomic E-state index is 0.515. The Morgan fingerprint density at radius 1 is 1.00 bits per heavy atom. The van der Waals surface area contributed by atoms with Crippen LogP contribution in [0.5, 0.6) is 17.4 Å². The molecule has 0 bridgehead atoms. The van der Waals surface area contributed by atoms with E-state index in [0.29, 0.717) is 50.3 Å². The predicted octanol–water partition coefficient (Wildman–Crippen LogP) is 3.36. The molecule has 0 spiro atoms.